The van der Waals surface area contributed by atoms with Crippen molar-refractivity contribution < 1.29 is 19.1 Å². The standard InChI is InChI=1S/C18H18N2O4/c1-11-17(21)20-15-8-12(6-7-16(15)24-11)10-19-18(22)13-4-3-5-14(9-13)23-2/h3-9,11H,10H2,1-2H3,(H,19,22)(H,20,21). The van der Waals surface area contributed by atoms with Crippen LogP contribution in [0, 0.1) is 0 Å². The van der Waals surface area contributed by atoms with Gasteiger partial charge in [-0.15, -0.1) is 0 Å². The van der Waals surface area contributed by atoms with Crippen LogP contribution in [0.25, 0.3) is 0 Å². The number of anilines is 1. The molecule has 1 unspecified atom stereocenters. The number of benzene rings is 2. The number of hydrogen-bond donors (Lipinski definition) is 2. The third-order valence-electron chi connectivity index (χ3n) is 3.76. The molecule has 2 N–H and O–H groups in total. The van der Waals surface area contributed by atoms with Crippen molar-refractivity contribution in [1.82, 2.24) is 5.32 Å². The third kappa shape index (κ3) is 3.32. The predicted molar refractivity (Wildman–Crippen MR) is 89.3 cm³/mol. The zero-order valence-corrected chi connectivity index (χ0v) is 13.5. The molecule has 1 atom stereocenters. The summed E-state index contributed by atoms with van der Waals surface area (Å²) in [4.78, 5) is 23.9. The lowest BCUT2D eigenvalue weighted by atomic mass is 10.1. The Morgan fingerprint density at radius 3 is 2.92 bits per heavy atom. The van der Waals surface area contributed by atoms with Crippen LogP contribution in [0.5, 0.6) is 11.5 Å². The Kier molecular flexibility index (Phi) is 4.37. The van der Waals surface area contributed by atoms with E-state index in [-0.39, 0.29) is 11.8 Å². The quantitative estimate of drug-likeness (QED) is 0.904. The van der Waals surface area contributed by atoms with Crippen molar-refractivity contribution in [2.24, 2.45) is 0 Å². The van der Waals surface area contributed by atoms with Gasteiger partial charge in [0.15, 0.2) is 6.10 Å². The average molecular weight is 326 g/mol. The van der Waals surface area contributed by atoms with Gasteiger partial charge < -0.3 is 20.1 Å². The summed E-state index contributed by atoms with van der Waals surface area (Å²) in [5.74, 6) is 0.885. The van der Waals surface area contributed by atoms with Crippen molar-refractivity contribution in [2.75, 3.05) is 12.4 Å². The van der Waals surface area contributed by atoms with Gasteiger partial charge in [-0.05, 0) is 42.8 Å². The summed E-state index contributed by atoms with van der Waals surface area (Å²) in [6, 6.07) is 12.4. The smallest absolute Gasteiger partial charge is 0.265 e. The fraction of sp³-hybridized carbons (Fsp3) is 0.222. The van der Waals surface area contributed by atoms with Gasteiger partial charge in [-0.25, -0.2) is 0 Å². The molecule has 1 aliphatic heterocycles. The molecule has 1 heterocycles. The third-order valence-corrected chi connectivity index (χ3v) is 3.76. The van der Waals surface area contributed by atoms with Crippen LogP contribution in [0.3, 0.4) is 0 Å². The minimum absolute atomic E-state index is 0.180. The van der Waals surface area contributed by atoms with Crippen LogP contribution >= 0.6 is 0 Å². The van der Waals surface area contributed by atoms with E-state index in [2.05, 4.69) is 10.6 Å². The second-order valence-electron chi connectivity index (χ2n) is 5.49. The van der Waals surface area contributed by atoms with E-state index >= 15 is 0 Å². The average Bonchev–Trinajstić information content (AvgIpc) is 2.60. The molecule has 2 amide bonds. The van der Waals surface area contributed by atoms with Gasteiger partial charge in [-0.3, -0.25) is 9.59 Å². The van der Waals surface area contributed by atoms with E-state index < -0.39 is 6.10 Å². The number of ether oxygens (including phenoxy) is 2. The summed E-state index contributed by atoms with van der Waals surface area (Å²) in [7, 11) is 1.56. The Hall–Kier alpha value is -3.02. The van der Waals surface area contributed by atoms with Gasteiger partial charge in [0.1, 0.15) is 11.5 Å². The van der Waals surface area contributed by atoms with Crippen LogP contribution < -0.4 is 20.1 Å². The first-order valence-electron chi connectivity index (χ1n) is 7.59. The molecule has 2 aromatic carbocycles. The molecule has 0 saturated carbocycles. The molecule has 0 fully saturated rings. The molecule has 2 aromatic rings. The minimum Gasteiger partial charge on any atom is -0.497 e. The summed E-state index contributed by atoms with van der Waals surface area (Å²) in [6.45, 7) is 2.04. The fourth-order valence-corrected chi connectivity index (χ4v) is 2.41. The van der Waals surface area contributed by atoms with Crippen molar-refractivity contribution in [3.05, 3.63) is 53.6 Å². The second kappa shape index (κ2) is 6.62. The Morgan fingerprint density at radius 1 is 1.29 bits per heavy atom. The van der Waals surface area contributed by atoms with E-state index in [1.54, 1.807) is 50.4 Å². The molecule has 6 nitrogen and oxygen atoms in total. The summed E-state index contributed by atoms with van der Waals surface area (Å²) in [5, 5.41) is 5.64. The maximum absolute atomic E-state index is 12.2. The summed E-state index contributed by atoms with van der Waals surface area (Å²) in [5.41, 5.74) is 2.01. The Labute approximate surface area is 139 Å². The van der Waals surface area contributed by atoms with E-state index in [1.807, 2.05) is 6.07 Å². The van der Waals surface area contributed by atoms with Crippen LogP contribution in [-0.2, 0) is 11.3 Å². The van der Waals surface area contributed by atoms with Crippen molar-refractivity contribution in [1.29, 1.82) is 0 Å². The van der Waals surface area contributed by atoms with Gasteiger partial charge in [0.05, 0.1) is 12.8 Å². The molecule has 0 radical (unpaired) electrons. The molecular weight excluding hydrogens is 308 g/mol. The van der Waals surface area contributed by atoms with Crippen LogP contribution in [0.4, 0.5) is 5.69 Å². The first kappa shape index (κ1) is 15.9. The van der Waals surface area contributed by atoms with Crippen LogP contribution in [0.2, 0.25) is 0 Å². The maximum atomic E-state index is 12.2. The highest BCUT2D eigenvalue weighted by molar-refractivity contribution is 5.97. The number of carbonyl (C=O) groups is 2. The number of amides is 2. The number of carbonyl (C=O) groups excluding carboxylic acids is 2. The van der Waals surface area contributed by atoms with Gasteiger partial charge in [0.25, 0.3) is 11.8 Å². The zero-order chi connectivity index (χ0) is 17.1. The highest BCUT2D eigenvalue weighted by Gasteiger charge is 2.23. The molecule has 24 heavy (non-hydrogen) atoms. The van der Waals surface area contributed by atoms with Crippen molar-refractivity contribution in [2.45, 2.75) is 19.6 Å². The van der Waals surface area contributed by atoms with Crippen molar-refractivity contribution in [3.63, 3.8) is 0 Å². The predicted octanol–water partition coefficient (Wildman–Crippen LogP) is 2.34. The zero-order valence-electron chi connectivity index (χ0n) is 13.5. The summed E-state index contributed by atoms with van der Waals surface area (Å²) >= 11 is 0. The van der Waals surface area contributed by atoms with E-state index in [0.717, 1.165) is 5.56 Å². The van der Waals surface area contributed by atoms with Gasteiger partial charge in [-0.1, -0.05) is 12.1 Å². The summed E-state index contributed by atoms with van der Waals surface area (Å²) in [6.07, 6.45) is -0.504. The largest absolute Gasteiger partial charge is 0.497 e. The first-order chi connectivity index (χ1) is 11.6. The number of fused-ring (bicyclic) bond motifs is 1. The van der Waals surface area contributed by atoms with Crippen LogP contribution in [0.1, 0.15) is 22.8 Å². The van der Waals surface area contributed by atoms with Crippen LogP contribution in [0.15, 0.2) is 42.5 Å². The monoisotopic (exact) mass is 326 g/mol. The molecule has 6 heteroatoms. The number of nitrogens with one attached hydrogen (secondary N) is 2. The molecule has 0 saturated heterocycles. The normalized spacial score (nSPS) is 15.8. The lowest BCUT2D eigenvalue weighted by molar-refractivity contribution is -0.122. The SMILES string of the molecule is COc1cccc(C(=O)NCc2ccc3c(c2)NC(=O)C(C)O3)c1. The van der Waals surface area contributed by atoms with E-state index in [4.69, 9.17) is 9.47 Å². The van der Waals surface area contributed by atoms with Gasteiger partial charge in [0.2, 0.25) is 0 Å². The molecule has 0 spiro atoms. The first-order valence-corrected chi connectivity index (χ1v) is 7.59. The van der Waals surface area contributed by atoms with E-state index in [1.165, 1.54) is 0 Å². The van der Waals surface area contributed by atoms with Gasteiger partial charge >= 0.3 is 0 Å². The molecule has 3 rings (SSSR count). The Balaban J connectivity index is 1.67. The minimum atomic E-state index is -0.504. The topological polar surface area (TPSA) is 76.7 Å². The molecule has 0 aromatic heterocycles. The molecule has 1 aliphatic rings. The van der Waals surface area contributed by atoms with E-state index in [9.17, 15) is 9.59 Å². The molecule has 0 bridgehead atoms. The highest BCUT2D eigenvalue weighted by atomic mass is 16.5. The molecular formula is C18H18N2O4. The highest BCUT2D eigenvalue weighted by Crippen LogP contribution is 2.30. The molecule has 0 aliphatic carbocycles. The maximum Gasteiger partial charge on any atom is 0.265 e. The van der Waals surface area contributed by atoms with Gasteiger partial charge in [0, 0.05) is 12.1 Å². The number of methoxy groups -OCH3 is 1. The number of hydrogen-bond acceptors (Lipinski definition) is 4. The van der Waals surface area contributed by atoms with Crippen LogP contribution in [-0.4, -0.2) is 25.0 Å². The fourth-order valence-electron chi connectivity index (χ4n) is 2.41. The Bertz CT molecular complexity index is 788. The lowest BCUT2D eigenvalue weighted by Crippen LogP contribution is -2.34. The lowest BCUT2D eigenvalue weighted by Gasteiger charge is -2.23. The molecule has 124 valence electrons. The van der Waals surface area contributed by atoms with Crippen molar-refractivity contribution in [3.8, 4) is 11.5 Å². The second-order valence-corrected chi connectivity index (χ2v) is 5.49. The van der Waals surface area contributed by atoms with Crippen molar-refractivity contribution >= 4 is 17.5 Å². The Morgan fingerprint density at radius 2 is 2.12 bits per heavy atom. The number of rotatable bonds is 4. The van der Waals surface area contributed by atoms with Gasteiger partial charge in [-0.2, -0.15) is 0 Å². The van der Waals surface area contributed by atoms with E-state index in [0.29, 0.717) is 29.3 Å². The summed E-state index contributed by atoms with van der Waals surface area (Å²) < 4.78 is 10.6.